The molecule has 0 aliphatic rings. The molecule has 0 radical (unpaired) electrons. The predicted molar refractivity (Wildman–Crippen MR) is 89.8 cm³/mol. The molecule has 146 valence electrons. The Balaban J connectivity index is 2.13. The van der Waals surface area contributed by atoms with Crippen LogP contribution in [0.25, 0.3) is 0 Å². The molecule has 1 N–H and O–H groups in total. The number of benzene rings is 1. The average Bonchev–Trinajstić information content (AvgIpc) is 2.65. The van der Waals surface area contributed by atoms with E-state index < -0.39 is 18.7 Å². The largest absolute Gasteiger partial charge is 0.493 e. The smallest absolute Gasteiger partial charge is 0.422 e. The summed E-state index contributed by atoms with van der Waals surface area (Å²) in [4.78, 5) is 16.0. The Bertz CT molecular complexity index is 769. The van der Waals surface area contributed by atoms with Gasteiger partial charge in [0.05, 0.1) is 26.9 Å². The van der Waals surface area contributed by atoms with Gasteiger partial charge in [-0.3, -0.25) is 4.79 Å². The highest BCUT2D eigenvalue weighted by molar-refractivity contribution is 6.04. The second-order valence-electron chi connectivity index (χ2n) is 5.16. The van der Waals surface area contributed by atoms with Gasteiger partial charge in [0.25, 0.3) is 5.91 Å². The molecule has 10 heteroatoms. The molecule has 0 atom stereocenters. The number of carbonyl (C=O) groups excluding carboxylic acids is 1. The Hall–Kier alpha value is -3.17. The van der Waals surface area contributed by atoms with Crippen LogP contribution in [0.3, 0.4) is 0 Å². The van der Waals surface area contributed by atoms with Gasteiger partial charge in [-0.1, -0.05) is 0 Å². The highest BCUT2D eigenvalue weighted by Gasteiger charge is 2.28. The standard InChI is InChI=1S/C17H17F3N2O5/c1-24-12-6-11(7-13(25-2)15(12)26-3)22-16(23)10-4-5-14(21-8-10)27-9-17(18,19)20/h4-8H,9H2,1-3H3,(H,22,23). The number of hydrogen-bond acceptors (Lipinski definition) is 6. The number of alkyl halides is 3. The zero-order chi connectivity index (χ0) is 20.0. The summed E-state index contributed by atoms with van der Waals surface area (Å²) in [6.45, 7) is -1.46. The minimum Gasteiger partial charge on any atom is -0.493 e. The topological polar surface area (TPSA) is 78.9 Å². The molecular weight excluding hydrogens is 369 g/mol. The number of amides is 1. The van der Waals surface area contributed by atoms with Crippen LogP contribution in [0, 0.1) is 0 Å². The van der Waals surface area contributed by atoms with Crippen LogP contribution in [-0.2, 0) is 0 Å². The normalized spacial score (nSPS) is 10.9. The molecule has 1 amide bonds. The van der Waals surface area contributed by atoms with Crippen LogP contribution in [0.5, 0.6) is 23.1 Å². The van der Waals surface area contributed by atoms with Crippen LogP contribution in [0.2, 0.25) is 0 Å². The number of aromatic nitrogens is 1. The number of halogens is 3. The van der Waals surface area contributed by atoms with Gasteiger partial charge in [0, 0.05) is 30.1 Å². The fourth-order valence-electron chi connectivity index (χ4n) is 2.11. The van der Waals surface area contributed by atoms with Crippen LogP contribution in [0.4, 0.5) is 18.9 Å². The van der Waals surface area contributed by atoms with Crippen molar-refractivity contribution in [3.63, 3.8) is 0 Å². The SMILES string of the molecule is COc1cc(NC(=O)c2ccc(OCC(F)(F)F)nc2)cc(OC)c1OC. The van der Waals surface area contributed by atoms with E-state index in [1.165, 1.54) is 45.6 Å². The van der Waals surface area contributed by atoms with E-state index in [1.54, 1.807) is 0 Å². The Morgan fingerprint density at radius 1 is 1.07 bits per heavy atom. The molecule has 7 nitrogen and oxygen atoms in total. The van der Waals surface area contributed by atoms with Gasteiger partial charge in [0.2, 0.25) is 11.6 Å². The number of pyridine rings is 1. The lowest BCUT2D eigenvalue weighted by Crippen LogP contribution is -2.19. The minimum absolute atomic E-state index is 0.128. The quantitative estimate of drug-likeness (QED) is 0.787. The maximum atomic E-state index is 12.3. The summed E-state index contributed by atoms with van der Waals surface area (Å²) < 4.78 is 56.5. The Morgan fingerprint density at radius 3 is 2.15 bits per heavy atom. The number of ether oxygens (including phenoxy) is 4. The lowest BCUT2D eigenvalue weighted by Gasteiger charge is -2.14. The number of carbonyl (C=O) groups is 1. The zero-order valence-electron chi connectivity index (χ0n) is 14.7. The summed E-state index contributed by atoms with van der Waals surface area (Å²) in [7, 11) is 4.33. The van der Waals surface area contributed by atoms with E-state index >= 15 is 0 Å². The first-order valence-electron chi connectivity index (χ1n) is 7.54. The number of methoxy groups -OCH3 is 3. The fraction of sp³-hybridized carbons (Fsp3) is 0.294. The van der Waals surface area contributed by atoms with E-state index in [0.29, 0.717) is 22.9 Å². The first-order chi connectivity index (χ1) is 12.8. The molecule has 0 aliphatic carbocycles. The first-order valence-corrected chi connectivity index (χ1v) is 7.54. The summed E-state index contributed by atoms with van der Waals surface area (Å²) in [6, 6.07) is 5.54. The minimum atomic E-state index is -4.47. The van der Waals surface area contributed by atoms with Crippen LogP contribution in [0.1, 0.15) is 10.4 Å². The number of hydrogen-bond donors (Lipinski definition) is 1. The molecule has 2 aromatic rings. The van der Waals surface area contributed by atoms with Crippen molar-refractivity contribution in [3.05, 3.63) is 36.0 Å². The van der Waals surface area contributed by atoms with Crippen molar-refractivity contribution >= 4 is 11.6 Å². The van der Waals surface area contributed by atoms with Crippen molar-refractivity contribution in [3.8, 4) is 23.1 Å². The predicted octanol–water partition coefficient (Wildman–Crippen LogP) is 3.30. The van der Waals surface area contributed by atoms with Gasteiger partial charge in [0.1, 0.15) is 0 Å². The van der Waals surface area contributed by atoms with Crippen LogP contribution < -0.4 is 24.3 Å². The highest BCUT2D eigenvalue weighted by atomic mass is 19.4. The fourth-order valence-corrected chi connectivity index (χ4v) is 2.11. The van der Waals surface area contributed by atoms with E-state index in [1.807, 2.05) is 0 Å². The number of anilines is 1. The Labute approximate surface area is 153 Å². The molecule has 0 saturated heterocycles. The summed E-state index contributed by atoms with van der Waals surface area (Å²) >= 11 is 0. The number of rotatable bonds is 7. The van der Waals surface area contributed by atoms with Crippen molar-refractivity contribution in [2.24, 2.45) is 0 Å². The summed E-state index contributed by atoms with van der Waals surface area (Å²) in [5.74, 6) is 0.295. The monoisotopic (exact) mass is 386 g/mol. The second-order valence-corrected chi connectivity index (χ2v) is 5.16. The molecule has 0 saturated carbocycles. The maximum absolute atomic E-state index is 12.3. The maximum Gasteiger partial charge on any atom is 0.422 e. The summed E-state index contributed by atoms with van der Waals surface area (Å²) in [5, 5.41) is 2.62. The van der Waals surface area contributed by atoms with E-state index in [0.717, 1.165) is 6.20 Å². The molecule has 0 bridgehead atoms. The molecule has 0 fully saturated rings. The van der Waals surface area contributed by atoms with E-state index in [4.69, 9.17) is 14.2 Å². The van der Waals surface area contributed by atoms with E-state index in [-0.39, 0.29) is 11.4 Å². The third-order valence-electron chi connectivity index (χ3n) is 3.30. The van der Waals surface area contributed by atoms with Crippen molar-refractivity contribution in [2.75, 3.05) is 33.3 Å². The molecule has 0 spiro atoms. The van der Waals surface area contributed by atoms with Crippen molar-refractivity contribution in [2.45, 2.75) is 6.18 Å². The zero-order valence-corrected chi connectivity index (χ0v) is 14.7. The lowest BCUT2D eigenvalue weighted by molar-refractivity contribution is -0.154. The average molecular weight is 386 g/mol. The molecule has 0 aliphatic heterocycles. The Morgan fingerprint density at radius 2 is 1.70 bits per heavy atom. The van der Waals surface area contributed by atoms with Gasteiger partial charge < -0.3 is 24.3 Å². The van der Waals surface area contributed by atoms with E-state index in [2.05, 4.69) is 15.0 Å². The lowest BCUT2D eigenvalue weighted by atomic mass is 10.2. The third-order valence-corrected chi connectivity index (χ3v) is 3.30. The Kier molecular flexibility index (Phi) is 6.32. The van der Waals surface area contributed by atoms with Gasteiger partial charge in [-0.05, 0) is 6.07 Å². The second kappa shape index (κ2) is 8.47. The molecule has 27 heavy (non-hydrogen) atoms. The van der Waals surface area contributed by atoms with Gasteiger partial charge in [-0.25, -0.2) is 4.98 Å². The molecular formula is C17H17F3N2O5. The van der Waals surface area contributed by atoms with Crippen LogP contribution in [0.15, 0.2) is 30.5 Å². The number of nitrogens with zero attached hydrogens (tertiary/aromatic N) is 1. The molecule has 1 heterocycles. The van der Waals surface area contributed by atoms with Gasteiger partial charge in [0.15, 0.2) is 18.1 Å². The third kappa shape index (κ3) is 5.40. The first kappa shape index (κ1) is 20.1. The molecule has 1 aromatic carbocycles. The van der Waals surface area contributed by atoms with Crippen molar-refractivity contribution in [1.29, 1.82) is 0 Å². The van der Waals surface area contributed by atoms with Crippen molar-refractivity contribution < 1.29 is 36.9 Å². The van der Waals surface area contributed by atoms with Crippen LogP contribution >= 0.6 is 0 Å². The van der Waals surface area contributed by atoms with Crippen LogP contribution in [-0.4, -0.2) is 45.0 Å². The van der Waals surface area contributed by atoms with Gasteiger partial charge >= 0.3 is 6.18 Å². The highest BCUT2D eigenvalue weighted by Crippen LogP contribution is 2.40. The molecule has 0 unspecified atom stereocenters. The molecule has 2 rings (SSSR count). The summed E-state index contributed by atoms with van der Waals surface area (Å²) in [5.41, 5.74) is 0.495. The van der Waals surface area contributed by atoms with Gasteiger partial charge in [-0.2, -0.15) is 13.2 Å². The van der Waals surface area contributed by atoms with Gasteiger partial charge in [-0.15, -0.1) is 0 Å². The van der Waals surface area contributed by atoms with Crippen molar-refractivity contribution in [1.82, 2.24) is 4.98 Å². The van der Waals surface area contributed by atoms with E-state index in [9.17, 15) is 18.0 Å². The summed E-state index contributed by atoms with van der Waals surface area (Å²) in [6.07, 6.45) is -3.36. The molecule has 1 aromatic heterocycles. The number of nitrogens with one attached hydrogen (secondary N) is 1.